The summed E-state index contributed by atoms with van der Waals surface area (Å²) in [4.78, 5) is 6.88. The number of hydrogen-bond donors (Lipinski definition) is 2. The van der Waals surface area contributed by atoms with Crippen LogP contribution in [0, 0.1) is 6.92 Å². The van der Waals surface area contributed by atoms with E-state index >= 15 is 0 Å². The fourth-order valence-corrected chi connectivity index (χ4v) is 2.71. The van der Waals surface area contributed by atoms with Gasteiger partial charge in [-0.05, 0) is 44.6 Å². The zero-order valence-corrected chi connectivity index (χ0v) is 18.6. The highest BCUT2D eigenvalue weighted by molar-refractivity contribution is 14.0. The van der Waals surface area contributed by atoms with Crippen molar-refractivity contribution in [3.05, 3.63) is 70.8 Å². The zero-order chi connectivity index (χ0) is 18.1. The van der Waals surface area contributed by atoms with Gasteiger partial charge in [0.2, 0.25) is 0 Å². The Bertz CT molecular complexity index is 698. The van der Waals surface area contributed by atoms with E-state index in [0.29, 0.717) is 6.54 Å². The maximum absolute atomic E-state index is 4.70. The van der Waals surface area contributed by atoms with Gasteiger partial charge in [0.25, 0.3) is 0 Å². The Morgan fingerprint density at radius 1 is 0.962 bits per heavy atom. The maximum atomic E-state index is 4.70. The van der Waals surface area contributed by atoms with Crippen LogP contribution in [0.3, 0.4) is 0 Å². The van der Waals surface area contributed by atoms with E-state index in [0.717, 1.165) is 25.6 Å². The fraction of sp³-hybridized carbons (Fsp3) is 0.381. The predicted molar refractivity (Wildman–Crippen MR) is 122 cm³/mol. The molecule has 4 nitrogen and oxygen atoms in total. The molecule has 142 valence electrons. The van der Waals surface area contributed by atoms with E-state index in [2.05, 4.69) is 92.0 Å². The third-order valence-electron chi connectivity index (χ3n) is 3.80. The summed E-state index contributed by atoms with van der Waals surface area (Å²) in [5, 5.41) is 6.74. The molecule has 0 aliphatic heterocycles. The van der Waals surface area contributed by atoms with Crippen LogP contribution in [0.25, 0.3) is 0 Å². The molecule has 0 unspecified atom stereocenters. The summed E-state index contributed by atoms with van der Waals surface area (Å²) in [6, 6.07) is 17.2. The average Bonchev–Trinajstić information content (AvgIpc) is 2.57. The molecular weight excluding hydrogens is 435 g/mol. The molecule has 0 radical (unpaired) electrons. The molecule has 0 aromatic heterocycles. The second-order valence-corrected chi connectivity index (χ2v) is 6.60. The molecule has 26 heavy (non-hydrogen) atoms. The molecule has 0 bridgehead atoms. The Morgan fingerprint density at radius 2 is 1.65 bits per heavy atom. The summed E-state index contributed by atoms with van der Waals surface area (Å²) in [5.74, 6) is 0.849. The van der Waals surface area contributed by atoms with Gasteiger partial charge in [-0.1, -0.05) is 54.1 Å². The second kappa shape index (κ2) is 11.9. The van der Waals surface area contributed by atoms with Crippen molar-refractivity contribution in [1.82, 2.24) is 15.5 Å². The van der Waals surface area contributed by atoms with E-state index in [9.17, 15) is 0 Å². The predicted octanol–water partition coefficient (Wildman–Crippen LogP) is 3.93. The van der Waals surface area contributed by atoms with Crippen molar-refractivity contribution in [1.29, 1.82) is 0 Å². The van der Waals surface area contributed by atoms with Crippen molar-refractivity contribution in [2.24, 2.45) is 4.99 Å². The number of benzene rings is 2. The molecule has 5 heteroatoms. The molecule has 0 saturated heterocycles. The first-order valence-corrected chi connectivity index (χ1v) is 8.87. The first-order chi connectivity index (χ1) is 12.1. The van der Waals surface area contributed by atoms with E-state index in [1.807, 2.05) is 0 Å². The molecule has 0 spiro atoms. The molecule has 2 aromatic carbocycles. The molecule has 0 amide bonds. The summed E-state index contributed by atoms with van der Waals surface area (Å²) in [6.07, 6.45) is 0. The van der Waals surface area contributed by atoms with Gasteiger partial charge in [0.05, 0.1) is 6.54 Å². The van der Waals surface area contributed by atoms with E-state index < -0.39 is 0 Å². The lowest BCUT2D eigenvalue weighted by atomic mass is 10.1. The standard InChI is InChI=1S/C21H30N4.HI/c1-5-22-21(23-14-18-9-6-8-17(2)12-18)24-15-19-10-7-11-20(13-19)16-25(3)4;/h6-13H,5,14-16H2,1-4H3,(H2,22,23,24);1H. The van der Waals surface area contributed by atoms with Gasteiger partial charge in [-0.3, -0.25) is 0 Å². The van der Waals surface area contributed by atoms with Gasteiger partial charge in [-0.15, -0.1) is 24.0 Å². The van der Waals surface area contributed by atoms with Crippen LogP contribution < -0.4 is 10.6 Å². The smallest absolute Gasteiger partial charge is 0.191 e. The number of rotatable bonds is 7. The van der Waals surface area contributed by atoms with Gasteiger partial charge in [0.1, 0.15) is 0 Å². The number of aryl methyl sites for hydroxylation is 1. The normalized spacial score (nSPS) is 11.2. The summed E-state index contributed by atoms with van der Waals surface area (Å²) in [7, 11) is 4.18. The summed E-state index contributed by atoms with van der Waals surface area (Å²) in [6.45, 7) is 7.44. The molecule has 2 aromatic rings. The van der Waals surface area contributed by atoms with Crippen LogP contribution in [0.5, 0.6) is 0 Å². The van der Waals surface area contributed by atoms with Crippen LogP contribution in [0.4, 0.5) is 0 Å². The highest BCUT2D eigenvalue weighted by Crippen LogP contribution is 2.07. The van der Waals surface area contributed by atoms with Gasteiger partial charge in [-0.2, -0.15) is 0 Å². The lowest BCUT2D eigenvalue weighted by Gasteiger charge is -2.13. The third kappa shape index (κ3) is 8.19. The minimum Gasteiger partial charge on any atom is -0.357 e. The highest BCUT2D eigenvalue weighted by Gasteiger charge is 2.01. The van der Waals surface area contributed by atoms with Gasteiger partial charge in [0.15, 0.2) is 5.96 Å². The van der Waals surface area contributed by atoms with Gasteiger partial charge in [-0.25, -0.2) is 4.99 Å². The third-order valence-corrected chi connectivity index (χ3v) is 3.80. The lowest BCUT2D eigenvalue weighted by Crippen LogP contribution is -2.36. The lowest BCUT2D eigenvalue weighted by molar-refractivity contribution is 0.402. The minimum atomic E-state index is 0. The Hall–Kier alpha value is -1.60. The zero-order valence-electron chi connectivity index (χ0n) is 16.2. The SMILES string of the molecule is CCNC(=NCc1cccc(C)c1)NCc1cccc(CN(C)C)c1.I. The summed E-state index contributed by atoms with van der Waals surface area (Å²) >= 11 is 0. The Labute approximate surface area is 175 Å². The van der Waals surface area contributed by atoms with Crippen LogP contribution in [0.1, 0.15) is 29.2 Å². The van der Waals surface area contributed by atoms with Gasteiger partial charge < -0.3 is 15.5 Å². The Morgan fingerprint density at radius 3 is 2.35 bits per heavy atom. The number of nitrogens with zero attached hydrogens (tertiary/aromatic N) is 2. The van der Waals surface area contributed by atoms with Crippen LogP contribution in [0.2, 0.25) is 0 Å². The second-order valence-electron chi connectivity index (χ2n) is 6.60. The Kier molecular flexibility index (Phi) is 10.3. The summed E-state index contributed by atoms with van der Waals surface area (Å²) < 4.78 is 0. The summed E-state index contributed by atoms with van der Waals surface area (Å²) in [5.41, 5.74) is 5.08. The topological polar surface area (TPSA) is 39.7 Å². The number of halogens is 1. The molecule has 0 aliphatic carbocycles. The van der Waals surface area contributed by atoms with Crippen LogP contribution in [0.15, 0.2) is 53.5 Å². The number of guanidine groups is 1. The van der Waals surface area contributed by atoms with Crippen molar-refractivity contribution < 1.29 is 0 Å². The molecule has 2 rings (SSSR count). The molecule has 0 saturated carbocycles. The van der Waals surface area contributed by atoms with Gasteiger partial charge in [0, 0.05) is 19.6 Å². The van der Waals surface area contributed by atoms with E-state index in [1.54, 1.807) is 0 Å². The molecule has 0 atom stereocenters. The number of nitrogens with one attached hydrogen (secondary N) is 2. The molecular formula is C21H31IN4. The largest absolute Gasteiger partial charge is 0.357 e. The van der Waals surface area contributed by atoms with Crippen LogP contribution >= 0.6 is 24.0 Å². The number of aliphatic imine (C=N–C) groups is 1. The molecule has 0 heterocycles. The first-order valence-electron chi connectivity index (χ1n) is 8.87. The quantitative estimate of drug-likeness (QED) is 0.369. The van der Waals surface area contributed by atoms with Gasteiger partial charge >= 0.3 is 0 Å². The Balaban J connectivity index is 0.00000338. The minimum absolute atomic E-state index is 0. The first kappa shape index (κ1) is 22.4. The van der Waals surface area contributed by atoms with E-state index in [1.165, 1.54) is 22.3 Å². The van der Waals surface area contributed by atoms with E-state index in [4.69, 9.17) is 4.99 Å². The monoisotopic (exact) mass is 466 g/mol. The fourth-order valence-electron chi connectivity index (χ4n) is 2.71. The highest BCUT2D eigenvalue weighted by atomic mass is 127. The molecule has 2 N–H and O–H groups in total. The molecule has 0 aliphatic rings. The number of hydrogen-bond acceptors (Lipinski definition) is 2. The van der Waals surface area contributed by atoms with Crippen molar-refractivity contribution in [3.63, 3.8) is 0 Å². The van der Waals surface area contributed by atoms with Crippen molar-refractivity contribution in [2.45, 2.75) is 33.5 Å². The maximum Gasteiger partial charge on any atom is 0.191 e. The molecule has 0 fully saturated rings. The van der Waals surface area contributed by atoms with Crippen LogP contribution in [-0.2, 0) is 19.6 Å². The van der Waals surface area contributed by atoms with Crippen molar-refractivity contribution in [3.8, 4) is 0 Å². The van der Waals surface area contributed by atoms with Crippen LogP contribution in [-0.4, -0.2) is 31.5 Å². The average molecular weight is 466 g/mol. The van der Waals surface area contributed by atoms with E-state index in [-0.39, 0.29) is 24.0 Å². The van der Waals surface area contributed by atoms with Crippen molar-refractivity contribution >= 4 is 29.9 Å². The van der Waals surface area contributed by atoms with Crippen molar-refractivity contribution in [2.75, 3.05) is 20.6 Å².